The van der Waals surface area contributed by atoms with Crippen molar-refractivity contribution >= 4 is 19.1 Å². The van der Waals surface area contributed by atoms with Gasteiger partial charge in [0.05, 0.1) is 11.9 Å². The summed E-state index contributed by atoms with van der Waals surface area (Å²) < 4.78 is 30.7. The lowest BCUT2D eigenvalue weighted by Crippen LogP contribution is -2.36. The van der Waals surface area contributed by atoms with Gasteiger partial charge in [0.1, 0.15) is 17.6 Å². The van der Waals surface area contributed by atoms with Gasteiger partial charge >= 0.3 is 5.69 Å². The van der Waals surface area contributed by atoms with E-state index in [9.17, 15) is 14.2 Å². The van der Waals surface area contributed by atoms with Gasteiger partial charge in [0.15, 0.2) is 13.2 Å². The van der Waals surface area contributed by atoms with Crippen LogP contribution < -0.4 is 11.2 Å². The molecule has 0 amide bonds. The zero-order valence-electron chi connectivity index (χ0n) is 13.9. The summed E-state index contributed by atoms with van der Waals surface area (Å²) in [6.45, 7) is 6.98. The van der Waals surface area contributed by atoms with Gasteiger partial charge in [-0.2, -0.15) is 0 Å². The number of rotatable bonds is 4. The topological polar surface area (TPSA) is 99.6 Å². The zero-order valence-corrected chi connectivity index (χ0v) is 15.6. The normalized spacial score (nSPS) is 32.0. The highest BCUT2D eigenvalue weighted by atomic mass is 32.2. The second-order valence-corrected chi connectivity index (χ2v) is 10.8. The van der Waals surface area contributed by atoms with E-state index in [1.165, 1.54) is 28.6 Å². The highest BCUT2D eigenvalue weighted by molar-refractivity contribution is 8.00. The summed E-state index contributed by atoms with van der Waals surface area (Å²) in [6.07, 6.45) is 0.800. The Morgan fingerprint density at radius 3 is 2.62 bits per heavy atom. The summed E-state index contributed by atoms with van der Waals surface area (Å²) in [7, 11) is -2.62. The second kappa shape index (κ2) is 6.14. The predicted octanol–water partition coefficient (Wildman–Crippen LogP) is 1.22. The van der Waals surface area contributed by atoms with Gasteiger partial charge in [0.2, 0.25) is 0 Å². The van der Waals surface area contributed by atoms with Crippen molar-refractivity contribution in [3.05, 3.63) is 33.1 Å². The van der Waals surface area contributed by atoms with Crippen LogP contribution in [-0.4, -0.2) is 52.7 Å². The molecule has 2 saturated heterocycles. The average molecular weight is 376 g/mol. The molecule has 1 aromatic rings. The van der Waals surface area contributed by atoms with Crippen molar-refractivity contribution in [3.63, 3.8) is 0 Å². The molecule has 0 aliphatic carbocycles. The summed E-state index contributed by atoms with van der Waals surface area (Å²) in [4.78, 5) is 25.7. The third kappa shape index (κ3) is 3.70. The minimum atomic E-state index is -2.62. The molecule has 4 atom stereocenters. The molecule has 3 heterocycles. The molecular formula is C14H21N2O6PS. The minimum absolute atomic E-state index is 0.131. The van der Waals surface area contributed by atoms with Gasteiger partial charge < -0.3 is 14.0 Å². The molecule has 0 bridgehead atoms. The van der Waals surface area contributed by atoms with Gasteiger partial charge in [-0.15, -0.1) is 11.8 Å². The van der Waals surface area contributed by atoms with E-state index in [4.69, 9.17) is 14.0 Å². The molecule has 10 heteroatoms. The Hall–Kier alpha value is -0.860. The van der Waals surface area contributed by atoms with E-state index in [0.717, 1.165) is 0 Å². The zero-order chi connectivity index (χ0) is 17.7. The molecule has 1 aromatic heterocycles. The Bertz CT molecular complexity index is 784. The first-order valence-corrected chi connectivity index (χ1v) is 11.0. The largest absolute Gasteiger partial charge is 0.343 e. The number of H-pyrrole nitrogens is 1. The van der Waals surface area contributed by atoms with Crippen molar-refractivity contribution in [2.75, 3.05) is 19.9 Å². The third-order valence-corrected chi connectivity index (χ3v) is 6.10. The summed E-state index contributed by atoms with van der Waals surface area (Å²) in [5.41, 5.74) is -0.942. The standard InChI is InChI=1S/C14H21N2O6PS/c1-14(2)21-10-8(7-20-23(3,4)19)24-12(11(10)22-14)16-6-5-9(17)15-13(16)18/h5-6,8,10-12H,7H2,1-4H3,(H,15,17,18)/t8-,10-,11-,12-/m1/s1. The number of hydrogen-bond acceptors (Lipinski definition) is 7. The average Bonchev–Trinajstić information content (AvgIpc) is 2.90. The number of nitrogens with one attached hydrogen (secondary N) is 1. The molecule has 8 nitrogen and oxygen atoms in total. The van der Waals surface area contributed by atoms with E-state index in [-0.39, 0.29) is 29.4 Å². The van der Waals surface area contributed by atoms with Crippen LogP contribution in [0.1, 0.15) is 19.2 Å². The fourth-order valence-corrected chi connectivity index (χ4v) is 5.05. The second-order valence-electron chi connectivity index (χ2n) is 6.70. The highest BCUT2D eigenvalue weighted by Crippen LogP contribution is 2.51. The molecule has 134 valence electrons. The van der Waals surface area contributed by atoms with Crippen LogP contribution in [0.15, 0.2) is 21.9 Å². The quantitative estimate of drug-likeness (QED) is 0.789. The highest BCUT2D eigenvalue weighted by Gasteiger charge is 2.55. The lowest BCUT2D eigenvalue weighted by atomic mass is 10.1. The van der Waals surface area contributed by atoms with Crippen molar-refractivity contribution in [1.82, 2.24) is 9.55 Å². The molecule has 2 aliphatic heterocycles. The Labute approximate surface area is 143 Å². The third-order valence-electron chi connectivity index (χ3n) is 3.80. The maximum absolute atomic E-state index is 12.1. The van der Waals surface area contributed by atoms with E-state index in [2.05, 4.69) is 4.98 Å². The van der Waals surface area contributed by atoms with Crippen LogP contribution in [0, 0.1) is 0 Å². The van der Waals surface area contributed by atoms with Crippen LogP contribution in [0.25, 0.3) is 0 Å². The molecule has 1 N–H and O–H groups in total. The number of thioether (sulfide) groups is 1. The fourth-order valence-electron chi connectivity index (χ4n) is 2.90. The molecule has 0 aromatic carbocycles. The smallest absolute Gasteiger partial charge is 0.329 e. The lowest BCUT2D eigenvalue weighted by molar-refractivity contribution is -0.149. The summed E-state index contributed by atoms with van der Waals surface area (Å²) in [5, 5.41) is -0.489. The first-order valence-electron chi connectivity index (χ1n) is 7.58. The van der Waals surface area contributed by atoms with Crippen LogP contribution in [-0.2, 0) is 18.6 Å². The molecule has 2 fully saturated rings. The number of ether oxygens (including phenoxy) is 2. The van der Waals surface area contributed by atoms with Gasteiger partial charge in [0.25, 0.3) is 5.56 Å². The lowest BCUT2D eigenvalue weighted by Gasteiger charge is -2.24. The first-order chi connectivity index (χ1) is 11.1. The van der Waals surface area contributed by atoms with Crippen LogP contribution in [0.4, 0.5) is 0 Å². The van der Waals surface area contributed by atoms with Crippen LogP contribution in [0.3, 0.4) is 0 Å². The number of nitrogens with zero attached hydrogens (tertiary/aromatic N) is 1. The van der Waals surface area contributed by atoms with Gasteiger partial charge in [-0.3, -0.25) is 18.9 Å². The maximum Gasteiger partial charge on any atom is 0.329 e. The monoisotopic (exact) mass is 376 g/mol. The number of fused-ring (bicyclic) bond motifs is 1. The Morgan fingerprint density at radius 1 is 1.33 bits per heavy atom. The summed E-state index contributed by atoms with van der Waals surface area (Å²) >= 11 is 1.46. The number of hydrogen-bond donors (Lipinski definition) is 1. The van der Waals surface area contributed by atoms with E-state index >= 15 is 0 Å². The molecule has 0 radical (unpaired) electrons. The SMILES string of the molecule is CC1(C)O[C@@H]2[C@H](O1)[C@@H](COP(C)(C)=O)S[C@H]2n1ccc(=O)[nH]c1=O. The van der Waals surface area contributed by atoms with Crippen molar-refractivity contribution in [2.45, 2.75) is 42.5 Å². The van der Waals surface area contributed by atoms with Gasteiger partial charge in [0, 0.05) is 25.6 Å². The fraction of sp³-hybridized carbons (Fsp3) is 0.714. The first kappa shape index (κ1) is 17.9. The van der Waals surface area contributed by atoms with E-state index in [1.54, 1.807) is 13.3 Å². The molecule has 24 heavy (non-hydrogen) atoms. The number of aromatic nitrogens is 2. The molecule has 0 saturated carbocycles. The van der Waals surface area contributed by atoms with Crippen molar-refractivity contribution in [3.8, 4) is 0 Å². The van der Waals surface area contributed by atoms with Crippen LogP contribution in [0.2, 0.25) is 0 Å². The molecule has 3 rings (SSSR count). The molecule has 0 unspecified atom stereocenters. The van der Waals surface area contributed by atoms with Crippen LogP contribution in [0.5, 0.6) is 0 Å². The molecular weight excluding hydrogens is 355 g/mol. The molecule has 2 aliphatic rings. The summed E-state index contributed by atoms with van der Waals surface area (Å²) in [6, 6.07) is 1.30. The van der Waals surface area contributed by atoms with Crippen LogP contribution >= 0.6 is 19.1 Å². The predicted molar refractivity (Wildman–Crippen MR) is 91.0 cm³/mol. The maximum atomic E-state index is 12.1. The summed E-state index contributed by atoms with van der Waals surface area (Å²) in [5.74, 6) is -0.777. The molecule has 0 spiro atoms. The van der Waals surface area contributed by atoms with Gasteiger partial charge in [-0.05, 0) is 13.8 Å². The van der Waals surface area contributed by atoms with E-state index < -0.39 is 24.4 Å². The number of aromatic amines is 1. The Balaban J connectivity index is 1.89. The van der Waals surface area contributed by atoms with Gasteiger partial charge in [-0.1, -0.05) is 0 Å². The Kier molecular flexibility index (Phi) is 4.59. The van der Waals surface area contributed by atoms with E-state index in [1.807, 2.05) is 13.8 Å². The Morgan fingerprint density at radius 2 is 2.00 bits per heavy atom. The minimum Gasteiger partial charge on any atom is -0.343 e. The van der Waals surface area contributed by atoms with E-state index in [0.29, 0.717) is 0 Å². The van der Waals surface area contributed by atoms with Crippen molar-refractivity contribution < 1.29 is 18.6 Å². The van der Waals surface area contributed by atoms with Crippen molar-refractivity contribution in [2.24, 2.45) is 0 Å². The van der Waals surface area contributed by atoms with Crippen molar-refractivity contribution in [1.29, 1.82) is 0 Å². The van der Waals surface area contributed by atoms with Gasteiger partial charge in [-0.25, -0.2) is 4.79 Å².